The van der Waals surface area contributed by atoms with Crippen LogP contribution >= 0.6 is 0 Å². The van der Waals surface area contributed by atoms with Crippen LogP contribution in [0.4, 0.5) is 10.5 Å². The van der Waals surface area contributed by atoms with Gasteiger partial charge >= 0.3 is 6.03 Å². The molecule has 0 saturated carbocycles. The first-order valence-corrected chi connectivity index (χ1v) is 9.68. The van der Waals surface area contributed by atoms with Crippen LogP contribution in [-0.2, 0) is 9.84 Å². The number of carbonyl (C=O) groups is 1. The van der Waals surface area contributed by atoms with E-state index in [0.717, 1.165) is 11.8 Å². The maximum atomic E-state index is 12.6. The largest absolute Gasteiger partial charge is 0.322 e. The van der Waals surface area contributed by atoms with E-state index in [1.54, 1.807) is 17.0 Å². The summed E-state index contributed by atoms with van der Waals surface area (Å²) in [5.41, 5.74) is 1.59. The lowest BCUT2D eigenvalue weighted by atomic mass is 9.85. The van der Waals surface area contributed by atoms with Crippen LogP contribution in [0.25, 0.3) is 0 Å². The van der Waals surface area contributed by atoms with Gasteiger partial charge in [0.2, 0.25) is 0 Å². The standard InChI is InChI=1S/C18H20N2O3S/c1-13-12-20(17(13)14-7-4-3-5-8-14)18(21)19-15-9-6-10-16(11-15)24(2,22)23/h3-11,13,17H,12H2,1-2H3,(H,19,21)/t13-,17+/m0/s1. The second-order valence-electron chi connectivity index (χ2n) is 6.22. The third kappa shape index (κ3) is 3.28. The van der Waals surface area contributed by atoms with E-state index in [4.69, 9.17) is 0 Å². The monoisotopic (exact) mass is 344 g/mol. The topological polar surface area (TPSA) is 66.5 Å². The van der Waals surface area contributed by atoms with Crippen LogP contribution in [0.2, 0.25) is 0 Å². The highest BCUT2D eigenvalue weighted by Crippen LogP contribution is 2.38. The summed E-state index contributed by atoms with van der Waals surface area (Å²) in [6, 6.07) is 16.1. The number of urea groups is 1. The predicted molar refractivity (Wildman–Crippen MR) is 93.6 cm³/mol. The molecule has 0 radical (unpaired) electrons. The minimum absolute atomic E-state index is 0.0456. The number of amides is 2. The Hall–Kier alpha value is -2.34. The summed E-state index contributed by atoms with van der Waals surface area (Å²) in [7, 11) is -3.30. The van der Waals surface area contributed by atoms with Gasteiger partial charge in [0.1, 0.15) is 0 Å². The minimum Gasteiger partial charge on any atom is -0.317 e. The lowest BCUT2D eigenvalue weighted by molar-refractivity contribution is 0.0671. The first-order valence-electron chi connectivity index (χ1n) is 7.79. The number of nitrogens with one attached hydrogen (secondary N) is 1. The Labute approximate surface area is 142 Å². The van der Waals surface area contributed by atoms with E-state index in [1.165, 1.54) is 12.1 Å². The lowest BCUT2D eigenvalue weighted by Crippen LogP contribution is -2.53. The van der Waals surface area contributed by atoms with E-state index >= 15 is 0 Å². The molecular weight excluding hydrogens is 324 g/mol. The molecule has 1 heterocycles. The van der Waals surface area contributed by atoms with Crippen LogP contribution in [0.15, 0.2) is 59.5 Å². The van der Waals surface area contributed by atoms with Crippen LogP contribution in [0, 0.1) is 5.92 Å². The molecule has 2 atom stereocenters. The SMILES string of the molecule is C[C@H]1CN(C(=O)Nc2cccc(S(C)(=O)=O)c2)[C@H]1c1ccccc1. The Balaban J connectivity index is 1.76. The molecule has 2 aromatic carbocycles. The Morgan fingerprint density at radius 2 is 1.83 bits per heavy atom. The van der Waals surface area contributed by atoms with Crippen LogP contribution in [0.1, 0.15) is 18.5 Å². The molecule has 1 fully saturated rings. The highest BCUT2D eigenvalue weighted by Gasteiger charge is 2.39. The third-order valence-corrected chi connectivity index (χ3v) is 5.39. The lowest BCUT2D eigenvalue weighted by Gasteiger charge is -2.46. The van der Waals surface area contributed by atoms with Crippen molar-refractivity contribution >= 4 is 21.6 Å². The maximum Gasteiger partial charge on any atom is 0.322 e. The molecule has 2 amide bonds. The highest BCUT2D eigenvalue weighted by atomic mass is 32.2. The van der Waals surface area contributed by atoms with Crippen molar-refractivity contribution in [3.8, 4) is 0 Å². The van der Waals surface area contributed by atoms with E-state index in [0.29, 0.717) is 18.2 Å². The van der Waals surface area contributed by atoms with Crippen molar-refractivity contribution in [2.75, 3.05) is 18.1 Å². The summed E-state index contributed by atoms with van der Waals surface area (Å²) in [4.78, 5) is 14.5. The second-order valence-corrected chi connectivity index (χ2v) is 8.23. The fourth-order valence-corrected chi connectivity index (χ4v) is 3.73. The van der Waals surface area contributed by atoms with Gasteiger partial charge in [-0.1, -0.05) is 43.3 Å². The quantitative estimate of drug-likeness (QED) is 0.929. The van der Waals surface area contributed by atoms with Gasteiger partial charge in [-0.2, -0.15) is 0 Å². The van der Waals surface area contributed by atoms with Crippen molar-refractivity contribution in [3.05, 3.63) is 60.2 Å². The molecule has 0 aliphatic carbocycles. The van der Waals surface area contributed by atoms with Gasteiger partial charge in [-0.3, -0.25) is 0 Å². The predicted octanol–water partition coefficient (Wildman–Crippen LogP) is 3.32. The summed E-state index contributed by atoms with van der Waals surface area (Å²) in [6.45, 7) is 2.79. The molecule has 0 bridgehead atoms. The normalized spacial score (nSPS) is 20.3. The Bertz CT molecular complexity index is 850. The van der Waals surface area contributed by atoms with Gasteiger partial charge < -0.3 is 10.2 Å². The first-order chi connectivity index (χ1) is 11.4. The summed E-state index contributed by atoms with van der Waals surface area (Å²) < 4.78 is 23.3. The molecule has 126 valence electrons. The van der Waals surface area contributed by atoms with Crippen LogP contribution in [0.5, 0.6) is 0 Å². The van der Waals surface area contributed by atoms with E-state index < -0.39 is 9.84 Å². The molecule has 3 rings (SSSR count). The summed E-state index contributed by atoms with van der Waals surface area (Å²) in [5, 5.41) is 2.80. The molecule has 0 spiro atoms. The molecule has 2 aromatic rings. The molecule has 1 saturated heterocycles. The van der Waals surface area contributed by atoms with Gasteiger partial charge in [0.25, 0.3) is 0 Å². The average Bonchev–Trinajstić information content (AvgIpc) is 2.53. The fourth-order valence-electron chi connectivity index (χ4n) is 3.06. The molecule has 1 aliphatic rings. The first kappa shape index (κ1) is 16.5. The summed E-state index contributed by atoms with van der Waals surface area (Å²) >= 11 is 0. The zero-order chi connectivity index (χ0) is 17.3. The number of hydrogen-bond acceptors (Lipinski definition) is 3. The number of benzene rings is 2. The van der Waals surface area contributed by atoms with Crippen LogP contribution in [-0.4, -0.2) is 32.1 Å². The zero-order valence-electron chi connectivity index (χ0n) is 13.6. The van der Waals surface area contributed by atoms with E-state index in [1.807, 2.05) is 30.3 Å². The number of likely N-dealkylation sites (tertiary alicyclic amines) is 1. The minimum atomic E-state index is -3.30. The molecule has 6 heteroatoms. The van der Waals surface area contributed by atoms with E-state index in [9.17, 15) is 13.2 Å². The second kappa shape index (κ2) is 6.28. The molecular formula is C18H20N2O3S. The molecule has 0 unspecified atom stereocenters. The third-order valence-electron chi connectivity index (χ3n) is 4.27. The molecule has 5 nitrogen and oxygen atoms in total. The Morgan fingerprint density at radius 3 is 2.46 bits per heavy atom. The number of carbonyl (C=O) groups excluding carboxylic acids is 1. The van der Waals surface area contributed by atoms with E-state index in [-0.39, 0.29) is 17.0 Å². The van der Waals surface area contributed by atoms with Crippen LogP contribution in [0.3, 0.4) is 0 Å². The van der Waals surface area contributed by atoms with Crippen molar-refractivity contribution in [3.63, 3.8) is 0 Å². The fraction of sp³-hybridized carbons (Fsp3) is 0.278. The van der Waals surface area contributed by atoms with Crippen molar-refractivity contribution in [1.82, 2.24) is 4.90 Å². The molecule has 1 N–H and O–H groups in total. The van der Waals surface area contributed by atoms with Gasteiger partial charge in [0, 0.05) is 18.5 Å². The highest BCUT2D eigenvalue weighted by molar-refractivity contribution is 7.90. The summed E-state index contributed by atoms with van der Waals surface area (Å²) in [6.07, 6.45) is 1.15. The van der Waals surface area contributed by atoms with Gasteiger partial charge in [0.15, 0.2) is 9.84 Å². The number of sulfone groups is 1. The van der Waals surface area contributed by atoms with Crippen molar-refractivity contribution in [2.45, 2.75) is 17.9 Å². The molecule has 1 aliphatic heterocycles. The van der Waals surface area contributed by atoms with Gasteiger partial charge in [-0.15, -0.1) is 0 Å². The smallest absolute Gasteiger partial charge is 0.317 e. The van der Waals surface area contributed by atoms with E-state index in [2.05, 4.69) is 12.2 Å². The number of rotatable bonds is 3. The van der Waals surface area contributed by atoms with Crippen molar-refractivity contribution in [2.24, 2.45) is 5.92 Å². The average molecular weight is 344 g/mol. The zero-order valence-corrected chi connectivity index (χ0v) is 14.5. The van der Waals surface area contributed by atoms with Gasteiger partial charge in [-0.25, -0.2) is 13.2 Å². The van der Waals surface area contributed by atoms with Gasteiger partial charge in [0.05, 0.1) is 10.9 Å². The number of hydrogen-bond donors (Lipinski definition) is 1. The van der Waals surface area contributed by atoms with Gasteiger partial charge in [-0.05, 0) is 29.7 Å². The van der Waals surface area contributed by atoms with Crippen molar-refractivity contribution < 1.29 is 13.2 Å². The summed E-state index contributed by atoms with van der Waals surface area (Å²) in [5.74, 6) is 0.389. The number of anilines is 1. The Morgan fingerprint density at radius 1 is 1.12 bits per heavy atom. The molecule has 0 aromatic heterocycles. The van der Waals surface area contributed by atoms with Crippen LogP contribution < -0.4 is 5.32 Å². The molecule has 24 heavy (non-hydrogen) atoms. The number of nitrogens with zero attached hydrogens (tertiary/aromatic N) is 1. The van der Waals surface area contributed by atoms with Crippen molar-refractivity contribution in [1.29, 1.82) is 0 Å². The maximum absolute atomic E-state index is 12.6. The Kier molecular flexibility index (Phi) is 4.32.